The molecule has 0 spiro atoms. The van der Waals surface area contributed by atoms with Crippen LogP contribution in [0, 0.1) is 6.92 Å². The van der Waals surface area contributed by atoms with Crippen molar-refractivity contribution >= 4 is 33.1 Å². The number of ether oxygens (including phenoxy) is 1. The molecule has 2 heterocycles. The summed E-state index contributed by atoms with van der Waals surface area (Å²) in [5.41, 5.74) is 3.14. The molecule has 5 nitrogen and oxygen atoms in total. The topological polar surface area (TPSA) is 64.4 Å². The standard InChI is InChI=1S/C20H16N2O3S/c1-12-5-3-7-14(9-12)21-20-22-16(11-26-20)15-10-13-6-4-8-17(24-2)18(13)25-19(15)23/h3-11H,1-2H3,(H,21,22). The number of rotatable bonds is 4. The number of para-hydroxylation sites is 1. The molecule has 0 amide bonds. The molecular formula is C20H16N2O3S. The van der Waals surface area contributed by atoms with Crippen LogP contribution in [-0.4, -0.2) is 12.1 Å². The van der Waals surface area contributed by atoms with E-state index in [1.807, 2.05) is 48.7 Å². The highest BCUT2D eigenvalue weighted by atomic mass is 32.1. The maximum Gasteiger partial charge on any atom is 0.345 e. The summed E-state index contributed by atoms with van der Waals surface area (Å²) in [6.45, 7) is 2.03. The largest absolute Gasteiger partial charge is 0.493 e. The third kappa shape index (κ3) is 3.07. The predicted octanol–water partition coefficient (Wildman–Crippen LogP) is 4.98. The molecule has 0 fully saturated rings. The number of methoxy groups -OCH3 is 1. The van der Waals surface area contributed by atoms with Gasteiger partial charge >= 0.3 is 5.63 Å². The molecule has 1 N–H and O–H groups in total. The molecule has 6 heteroatoms. The van der Waals surface area contributed by atoms with E-state index in [0.29, 0.717) is 22.6 Å². The molecule has 0 saturated heterocycles. The lowest BCUT2D eigenvalue weighted by Gasteiger charge is -2.05. The van der Waals surface area contributed by atoms with Crippen molar-refractivity contribution in [3.8, 4) is 17.0 Å². The summed E-state index contributed by atoms with van der Waals surface area (Å²) in [6.07, 6.45) is 0. The Hall–Kier alpha value is -3.12. The van der Waals surface area contributed by atoms with E-state index in [2.05, 4.69) is 10.3 Å². The summed E-state index contributed by atoms with van der Waals surface area (Å²) >= 11 is 1.44. The van der Waals surface area contributed by atoms with E-state index in [-0.39, 0.29) is 0 Å². The van der Waals surface area contributed by atoms with Crippen LogP contribution >= 0.6 is 11.3 Å². The van der Waals surface area contributed by atoms with Gasteiger partial charge in [0.25, 0.3) is 0 Å². The van der Waals surface area contributed by atoms with Crippen LogP contribution < -0.4 is 15.7 Å². The number of hydrogen-bond acceptors (Lipinski definition) is 6. The van der Waals surface area contributed by atoms with Gasteiger partial charge in [-0.15, -0.1) is 11.3 Å². The number of fused-ring (bicyclic) bond motifs is 1. The molecule has 0 radical (unpaired) electrons. The first-order chi connectivity index (χ1) is 12.6. The highest BCUT2D eigenvalue weighted by molar-refractivity contribution is 7.14. The first kappa shape index (κ1) is 16.4. The second-order valence-corrected chi connectivity index (χ2v) is 6.72. The molecule has 0 aliphatic rings. The third-order valence-corrected chi connectivity index (χ3v) is 4.75. The quantitative estimate of drug-likeness (QED) is 0.518. The minimum atomic E-state index is -0.436. The summed E-state index contributed by atoms with van der Waals surface area (Å²) in [4.78, 5) is 17.0. The zero-order chi connectivity index (χ0) is 18.1. The first-order valence-electron chi connectivity index (χ1n) is 8.04. The zero-order valence-electron chi connectivity index (χ0n) is 14.3. The van der Waals surface area contributed by atoms with Crippen molar-refractivity contribution in [3.05, 3.63) is 69.9 Å². The van der Waals surface area contributed by atoms with Crippen molar-refractivity contribution < 1.29 is 9.15 Å². The Balaban J connectivity index is 1.71. The van der Waals surface area contributed by atoms with Crippen molar-refractivity contribution in [2.45, 2.75) is 6.92 Å². The molecule has 130 valence electrons. The number of anilines is 2. The van der Waals surface area contributed by atoms with Crippen LogP contribution in [-0.2, 0) is 0 Å². The first-order valence-corrected chi connectivity index (χ1v) is 8.92. The highest BCUT2D eigenvalue weighted by Gasteiger charge is 2.13. The van der Waals surface area contributed by atoms with E-state index in [0.717, 1.165) is 21.8 Å². The lowest BCUT2D eigenvalue weighted by Crippen LogP contribution is -2.03. The monoisotopic (exact) mass is 364 g/mol. The zero-order valence-corrected chi connectivity index (χ0v) is 15.1. The molecule has 0 saturated carbocycles. The molecule has 0 unspecified atom stereocenters. The molecule has 0 aliphatic carbocycles. The van der Waals surface area contributed by atoms with Crippen LogP contribution in [0.3, 0.4) is 0 Å². The van der Waals surface area contributed by atoms with E-state index in [1.54, 1.807) is 19.2 Å². The maximum absolute atomic E-state index is 12.4. The predicted molar refractivity (Wildman–Crippen MR) is 105 cm³/mol. The van der Waals surface area contributed by atoms with Crippen molar-refractivity contribution in [1.29, 1.82) is 0 Å². The fourth-order valence-electron chi connectivity index (χ4n) is 2.76. The fourth-order valence-corrected chi connectivity index (χ4v) is 3.49. The van der Waals surface area contributed by atoms with Gasteiger partial charge in [0.2, 0.25) is 0 Å². The van der Waals surface area contributed by atoms with E-state index < -0.39 is 5.63 Å². The molecule has 0 bridgehead atoms. The molecule has 0 atom stereocenters. The lowest BCUT2D eigenvalue weighted by molar-refractivity contribution is 0.407. The van der Waals surface area contributed by atoms with Gasteiger partial charge in [0.1, 0.15) is 0 Å². The molecule has 2 aromatic heterocycles. The Labute approximate surface area is 153 Å². The molecule has 26 heavy (non-hydrogen) atoms. The SMILES string of the molecule is COc1cccc2cc(-c3csc(Nc4cccc(C)c4)n3)c(=O)oc12. The summed E-state index contributed by atoms with van der Waals surface area (Å²) in [6, 6.07) is 15.3. The Morgan fingerprint density at radius 2 is 2.00 bits per heavy atom. The van der Waals surface area contributed by atoms with E-state index >= 15 is 0 Å². The molecule has 0 aliphatic heterocycles. The van der Waals surface area contributed by atoms with Gasteiger partial charge in [0.05, 0.1) is 18.4 Å². The van der Waals surface area contributed by atoms with Crippen LogP contribution in [0.25, 0.3) is 22.2 Å². The average Bonchev–Trinajstić information content (AvgIpc) is 3.09. The van der Waals surface area contributed by atoms with Gasteiger partial charge in [-0.2, -0.15) is 0 Å². The molecule has 4 rings (SSSR count). The number of nitrogens with zero attached hydrogens (tertiary/aromatic N) is 1. The average molecular weight is 364 g/mol. The van der Waals surface area contributed by atoms with Crippen molar-refractivity contribution in [2.24, 2.45) is 0 Å². The van der Waals surface area contributed by atoms with Crippen LogP contribution in [0.1, 0.15) is 5.56 Å². The summed E-state index contributed by atoms with van der Waals surface area (Å²) in [7, 11) is 1.55. The maximum atomic E-state index is 12.4. The second kappa shape index (κ2) is 6.65. The summed E-state index contributed by atoms with van der Waals surface area (Å²) in [5.74, 6) is 0.534. The van der Waals surface area contributed by atoms with Gasteiger partial charge in [-0.05, 0) is 36.8 Å². The minimum absolute atomic E-state index is 0.430. The van der Waals surface area contributed by atoms with Gasteiger partial charge in [0, 0.05) is 16.5 Å². The summed E-state index contributed by atoms with van der Waals surface area (Å²) < 4.78 is 10.7. The fraction of sp³-hybridized carbons (Fsp3) is 0.100. The van der Waals surface area contributed by atoms with Crippen LogP contribution in [0.5, 0.6) is 5.75 Å². The van der Waals surface area contributed by atoms with Gasteiger partial charge in [-0.1, -0.05) is 24.3 Å². The number of thiazole rings is 1. The highest BCUT2D eigenvalue weighted by Crippen LogP contribution is 2.30. The number of aromatic nitrogens is 1. The third-order valence-electron chi connectivity index (χ3n) is 3.99. The molecule has 2 aromatic carbocycles. The number of nitrogens with one attached hydrogen (secondary N) is 1. The molecule has 4 aromatic rings. The van der Waals surface area contributed by atoms with E-state index in [9.17, 15) is 4.79 Å². The number of aryl methyl sites for hydroxylation is 1. The lowest BCUT2D eigenvalue weighted by atomic mass is 10.1. The van der Waals surface area contributed by atoms with E-state index in [1.165, 1.54) is 11.3 Å². The number of benzene rings is 2. The van der Waals surface area contributed by atoms with Gasteiger partial charge in [-0.25, -0.2) is 9.78 Å². The van der Waals surface area contributed by atoms with Crippen LogP contribution in [0.2, 0.25) is 0 Å². The van der Waals surface area contributed by atoms with E-state index in [4.69, 9.17) is 9.15 Å². The number of hydrogen-bond donors (Lipinski definition) is 1. The Kier molecular flexibility index (Phi) is 4.18. The van der Waals surface area contributed by atoms with Gasteiger partial charge < -0.3 is 14.5 Å². The van der Waals surface area contributed by atoms with Crippen molar-refractivity contribution in [2.75, 3.05) is 12.4 Å². The van der Waals surface area contributed by atoms with Crippen LogP contribution in [0.4, 0.5) is 10.8 Å². The Morgan fingerprint density at radius 1 is 1.15 bits per heavy atom. The summed E-state index contributed by atoms with van der Waals surface area (Å²) in [5, 5.41) is 6.62. The van der Waals surface area contributed by atoms with Crippen LogP contribution in [0.15, 0.2) is 63.1 Å². The minimum Gasteiger partial charge on any atom is -0.493 e. The van der Waals surface area contributed by atoms with Gasteiger partial charge in [-0.3, -0.25) is 0 Å². The Morgan fingerprint density at radius 3 is 2.81 bits per heavy atom. The van der Waals surface area contributed by atoms with Gasteiger partial charge in [0.15, 0.2) is 16.5 Å². The second-order valence-electron chi connectivity index (χ2n) is 5.86. The Bertz CT molecular complexity index is 1150. The van der Waals surface area contributed by atoms with Crippen molar-refractivity contribution in [1.82, 2.24) is 4.98 Å². The normalized spacial score (nSPS) is 10.8. The smallest absolute Gasteiger partial charge is 0.345 e. The molecular weight excluding hydrogens is 348 g/mol. The van der Waals surface area contributed by atoms with Crippen molar-refractivity contribution in [3.63, 3.8) is 0 Å².